The van der Waals surface area contributed by atoms with E-state index in [-0.39, 0.29) is 27.2 Å². The van der Waals surface area contributed by atoms with Gasteiger partial charge in [-0.1, -0.05) is 35.4 Å². The van der Waals surface area contributed by atoms with Crippen LogP contribution >= 0.6 is 35.4 Å². The van der Waals surface area contributed by atoms with Crippen molar-refractivity contribution in [2.75, 3.05) is 19.9 Å². The standard InChI is InChI=1S/C15H12Cl2F2N2OS/c16-11-4-9-10(14(23)21-3-1-2-20)6-15(7-18,8-19)22-13(9)5-12(11)17/h4-6H,1,3,7-8H2,(H,21,23). The van der Waals surface area contributed by atoms with Crippen molar-refractivity contribution < 1.29 is 13.5 Å². The van der Waals surface area contributed by atoms with E-state index in [0.717, 1.165) is 0 Å². The Morgan fingerprint density at radius 1 is 1.30 bits per heavy atom. The lowest BCUT2D eigenvalue weighted by atomic mass is 9.93. The molecule has 1 N–H and O–H groups in total. The normalized spacial score (nSPS) is 15.0. The van der Waals surface area contributed by atoms with Crippen molar-refractivity contribution >= 4 is 46.0 Å². The number of nitrogens with zero attached hydrogens (tertiary/aromatic N) is 1. The summed E-state index contributed by atoms with van der Waals surface area (Å²) in [4.78, 5) is 0.259. The highest BCUT2D eigenvalue weighted by atomic mass is 35.5. The van der Waals surface area contributed by atoms with Crippen LogP contribution in [0, 0.1) is 11.3 Å². The molecule has 0 spiro atoms. The second kappa shape index (κ2) is 7.43. The molecule has 0 bridgehead atoms. The topological polar surface area (TPSA) is 45.0 Å². The Labute approximate surface area is 147 Å². The van der Waals surface area contributed by atoms with E-state index in [1.807, 2.05) is 6.07 Å². The van der Waals surface area contributed by atoms with E-state index in [2.05, 4.69) is 5.32 Å². The van der Waals surface area contributed by atoms with Gasteiger partial charge in [0, 0.05) is 23.7 Å². The van der Waals surface area contributed by atoms with Crippen molar-refractivity contribution in [2.24, 2.45) is 0 Å². The van der Waals surface area contributed by atoms with Gasteiger partial charge in [0.25, 0.3) is 0 Å². The van der Waals surface area contributed by atoms with Crippen LogP contribution in [-0.2, 0) is 0 Å². The van der Waals surface area contributed by atoms with Gasteiger partial charge in [0.1, 0.15) is 24.1 Å². The zero-order chi connectivity index (χ0) is 17.0. The van der Waals surface area contributed by atoms with Crippen LogP contribution in [0.2, 0.25) is 10.0 Å². The minimum atomic E-state index is -1.75. The highest BCUT2D eigenvalue weighted by molar-refractivity contribution is 7.81. The molecule has 23 heavy (non-hydrogen) atoms. The van der Waals surface area contributed by atoms with Gasteiger partial charge in [-0.2, -0.15) is 5.26 Å². The van der Waals surface area contributed by atoms with Gasteiger partial charge in [-0.15, -0.1) is 0 Å². The number of nitriles is 1. The Morgan fingerprint density at radius 2 is 1.96 bits per heavy atom. The molecule has 0 aliphatic carbocycles. The first kappa shape index (κ1) is 17.9. The molecule has 0 saturated carbocycles. The molecule has 122 valence electrons. The summed E-state index contributed by atoms with van der Waals surface area (Å²) in [5.74, 6) is 0.205. The third-order valence-corrected chi connectivity index (χ3v) is 4.34. The summed E-state index contributed by atoms with van der Waals surface area (Å²) < 4.78 is 32.2. The number of hydrogen-bond acceptors (Lipinski definition) is 3. The number of alkyl halides is 2. The van der Waals surface area contributed by atoms with Gasteiger partial charge in [0.2, 0.25) is 0 Å². The molecule has 0 saturated heterocycles. The average molecular weight is 377 g/mol. The van der Waals surface area contributed by atoms with Crippen molar-refractivity contribution in [1.29, 1.82) is 5.26 Å². The van der Waals surface area contributed by atoms with E-state index in [9.17, 15) is 8.78 Å². The molecule has 1 aliphatic heterocycles. The van der Waals surface area contributed by atoms with Gasteiger partial charge >= 0.3 is 0 Å². The molecule has 0 radical (unpaired) electrons. The maximum absolute atomic E-state index is 13.4. The van der Waals surface area contributed by atoms with Gasteiger partial charge in [0.15, 0.2) is 5.60 Å². The maximum Gasteiger partial charge on any atom is 0.184 e. The van der Waals surface area contributed by atoms with Crippen LogP contribution in [0.25, 0.3) is 5.57 Å². The van der Waals surface area contributed by atoms with Crippen molar-refractivity contribution in [2.45, 2.75) is 12.0 Å². The molecular weight excluding hydrogens is 365 g/mol. The summed E-state index contributed by atoms with van der Waals surface area (Å²) in [6.07, 6.45) is 1.55. The molecule has 1 aromatic carbocycles. The highest BCUT2D eigenvalue weighted by Crippen LogP contribution is 2.41. The minimum Gasteiger partial charge on any atom is -0.477 e. The van der Waals surface area contributed by atoms with Crippen molar-refractivity contribution in [3.8, 4) is 11.8 Å². The number of fused-ring (bicyclic) bond motifs is 1. The van der Waals surface area contributed by atoms with E-state index in [4.69, 9.17) is 45.4 Å². The predicted octanol–water partition coefficient (Wildman–Crippen LogP) is 4.28. The first-order valence-corrected chi connectivity index (χ1v) is 7.81. The fourth-order valence-corrected chi connectivity index (χ4v) is 2.68. The SMILES string of the molecule is N#CCCNC(=S)C1=CC(CF)(CF)Oc2cc(Cl)c(Cl)cc21. The van der Waals surface area contributed by atoms with Gasteiger partial charge in [-0.25, -0.2) is 8.78 Å². The number of rotatable bonds is 5. The van der Waals surface area contributed by atoms with Gasteiger partial charge in [-0.3, -0.25) is 0 Å². The molecule has 0 unspecified atom stereocenters. The van der Waals surface area contributed by atoms with E-state index in [0.29, 0.717) is 17.7 Å². The van der Waals surface area contributed by atoms with Crippen molar-refractivity contribution in [1.82, 2.24) is 5.32 Å². The Balaban J connectivity index is 2.47. The Hall–Kier alpha value is -1.42. The molecule has 0 atom stereocenters. The maximum atomic E-state index is 13.4. The summed E-state index contributed by atoms with van der Waals surface area (Å²) in [5.41, 5.74) is -0.861. The number of thiocarbonyl (C=S) groups is 1. The van der Waals surface area contributed by atoms with E-state index in [1.54, 1.807) is 0 Å². The average Bonchev–Trinajstić information content (AvgIpc) is 2.55. The molecule has 1 aliphatic rings. The Kier molecular flexibility index (Phi) is 5.79. The molecule has 0 aromatic heterocycles. The summed E-state index contributed by atoms with van der Waals surface area (Å²) in [7, 11) is 0. The first-order valence-electron chi connectivity index (χ1n) is 6.64. The minimum absolute atomic E-state index is 0.205. The van der Waals surface area contributed by atoms with E-state index in [1.165, 1.54) is 18.2 Å². The number of ether oxygens (including phenoxy) is 1. The molecular formula is C15H12Cl2F2N2OS. The van der Waals surface area contributed by atoms with Crippen LogP contribution in [0.5, 0.6) is 5.75 Å². The second-order valence-corrected chi connectivity index (χ2v) is 6.14. The predicted molar refractivity (Wildman–Crippen MR) is 90.6 cm³/mol. The molecule has 0 amide bonds. The second-order valence-electron chi connectivity index (χ2n) is 4.92. The zero-order valence-electron chi connectivity index (χ0n) is 11.8. The number of benzene rings is 1. The van der Waals surface area contributed by atoms with Crippen LogP contribution in [0.4, 0.5) is 8.78 Å². The first-order chi connectivity index (χ1) is 11.0. The fourth-order valence-electron chi connectivity index (χ4n) is 2.10. The fraction of sp³-hybridized carbons (Fsp3) is 0.333. The lowest BCUT2D eigenvalue weighted by Crippen LogP contribution is -2.42. The zero-order valence-corrected chi connectivity index (χ0v) is 14.2. The largest absolute Gasteiger partial charge is 0.477 e. The lowest BCUT2D eigenvalue weighted by Gasteiger charge is -2.33. The van der Waals surface area contributed by atoms with Crippen LogP contribution < -0.4 is 10.1 Å². The highest BCUT2D eigenvalue weighted by Gasteiger charge is 2.37. The molecule has 1 aromatic rings. The quantitative estimate of drug-likeness (QED) is 0.615. The molecule has 3 nitrogen and oxygen atoms in total. The van der Waals surface area contributed by atoms with Crippen LogP contribution in [0.15, 0.2) is 18.2 Å². The summed E-state index contributed by atoms with van der Waals surface area (Å²) in [5, 5.41) is 11.9. The number of halogens is 4. The smallest absolute Gasteiger partial charge is 0.184 e. The third kappa shape index (κ3) is 3.74. The van der Waals surface area contributed by atoms with Crippen LogP contribution in [0.3, 0.4) is 0 Å². The van der Waals surface area contributed by atoms with Gasteiger partial charge in [0.05, 0.1) is 22.5 Å². The van der Waals surface area contributed by atoms with Gasteiger partial charge < -0.3 is 10.1 Å². The third-order valence-electron chi connectivity index (χ3n) is 3.25. The number of nitrogens with one attached hydrogen (secondary N) is 1. The Bertz CT molecular complexity index is 699. The Morgan fingerprint density at radius 3 is 2.57 bits per heavy atom. The van der Waals surface area contributed by atoms with Crippen molar-refractivity contribution in [3.05, 3.63) is 33.8 Å². The molecule has 1 heterocycles. The van der Waals surface area contributed by atoms with E-state index >= 15 is 0 Å². The number of hydrogen-bond donors (Lipinski definition) is 1. The van der Waals surface area contributed by atoms with E-state index < -0.39 is 19.0 Å². The molecule has 8 heteroatoms. The summed E-state index contributed by atoms with van der Waals surface area (Å²) in [6, 6.07) is 4.91. The monoisotopic (exact) mass is 376 g/mol. The summed E-state index contributed by atoms with van der Waals surface area (Å²) >= 11 is 17.2. The molecule has 2 rings (SSSR count). The van der Waals surface area contributed by atoms with Crippen LogP contribution in [0.1, 0.15) is 12.0 Å². The van der Waals surface area contributed by atoms with Gasteiger partial charge in [-0.05, 0) is 12.1 Å². The van der Waals surface area contributed by atoms with Crippen LogP contribution in [-0.4, -0.2) is 30.5 Å². The summed E-state index contributed by atoms with van der Waals surface area (Å²) in [6.45, 7) is -1.80. The lowest BCUT2D eigenvalue weighted by molar-refractivity contribution is 0.0596. The van der Waals surface area contributed by atoms with Crippen molar-refractivity contribution in [3.63, 3.8) is 0 Å². The molecule has 0 fully saturated rings.